The van der Waals surface area contributed by atoms with E-state index < -0.39 is 11.7 Å². The molecule has 0 radical (unpaired) electrons. The fourth-order valence-electron chi connectivity index (χ4n) is 2.72. The van der Waals surface area contributed by atoms with Gasteiger partial charge in [0.2, 0.25) is 0 Å². The molecule has 0 fully saturated rings. The van der Waals surface area contributed by atoms with Crippen molar-refractivity contribution in [2.24, 2.45) is 4.99 Å². The minimum Gasteiger partial charge on any atom is -0.444 e. The fraction of sp³-hybridized carbons (Fsp3) is 0.765. The van der Waals surface area contributed by atoms with E-state index in [-0.39, 0.29) is 6.04 Å². The predicted molar refractivity (Wildman–Crippen MR) is 102 cm³/mol. The lowest BCUT2D eigenvalue weighted by molar-refractivity contribution is 0.0529. The van der Waals surface area contributed by atoms with Crippen molar-refractivity contribution in [3.63, 3.8) is 0 Å². The zero-order valence-corrected chi connectivity index (χ0v) is 16.8. The molecule has 3 N–H and O–H groups in total. The van der Waals surface area contributed by atoms with Gasteiger partial charge in [0.25, 0.3) is 0 Å². The van der Waals surface area contributed by atoms with Gasteiger partial charge in [0, 0.05) is 39.7 Å². The van der Waals surface area contributed by atoms with E-state index in [2.05, 4.69) is 31.0 Å². The Kier molecular flexibility index (Phi) is 7.40. The molecule has 1 aromatic heterocycles. The average Bonchev–Trinajstić information content (AvgIpc) is 2.98. The summed E-state index contributed by atoms with van der Waals surface area (Å²) in [4.78, 5) is 20.3. The Bertz CT molecular complexity index is 651. The lowest BCUT2D eigenvalue weighted by Gasteiger charge is -2.25. The van der Waals surface area contributed by atoms with Gasteiger partial charge in [-0.1, -0.05) is 0 Å². The first kappa shape index (κ1) is 20.9. The molecule has 0 aromatic carbocycles. The zero-order chi connectivity index (χ0) is 19.9. The first-order valence-electron chi connectivity index (χ1n) is 9.16. The average molecular weight is 381 g/mol. The molecule has 1 aliphatic heterocycles. The molecule has 2 rings (SSSR count). The number of carbonyl (C=O) groups is 1. The topological polar surface area (TPSA) is 115 Å². The lowest BCUT2D eigenvalue weighted by Crippen LogP contribution is -2.48. The molecule has 0 saturated carbocycles. The van der Waals surface area contributed by atoms with E-state index in [0.717, 1.165) is 25.2 Å². The molecule has 1 aromatic rings. The highest BCUT2D eigenvalue weighted by atomic mass is 16.6. The molecule has 1 aliphatic rings. The standard InChI is InChI=1S/C17H31N7O3/c1-17(2,3)27-16(25)20-9-8-19-15(18-4)21-12-6-7-14-22-13(11-26-5)23-24(14)10-12/h12H,6-11H2,1-5H3,(H,20,25)(H2,18,19,21). The summed E-state index contributed by atoms with van der Waals surface area (Å²) in [5.41, 5.74) is -0.501. The van der Waals surface area contributed by atoms with Crippen molar-refractivity contribution < 1.29 is 14.3 Å². The van der Waals surface area contributed by atoms with Crippen molar-refractivity contribution in [2.75, 3.05) is 27.2 Å². The summed E-state index contributed by atoms with van der Waals surface area (Å²) >= 11 is 0. The van der Waals surface area contributed by atoms with Crippen LogP contribution in [0.1, 0.15) is 38.8 Å². The highest BCUT2D eigenvalue weighted by Crippen LogP contribution is 2.13. The van der Waals surface area contributed by atoms with Crippen LogP contribution in [-0.4, -0.2) is 65.7 Å². The summed E-state index contributed by atoms with van der Waals surface area (Å²) in [5.74, 6) is 2.39. The van der Waals surface area contributed by atoms with Gasteiger partial charge in [0.15, 0.2) is 11.8 Å². The summed E-state index contributed by atoms with van der Waals surface area (Å²) in [6.07, 6.45) is 1.37. The summed E-state index contributed by atoms with van der Waals surface area (Å²) < 4.78 is 12.2. The molecule has 2 heterocycles. The zero-order valence-electron chi connectivity index (χ0n) is 16.8. The van der Waals surface area contributed by atoms with E-state index in [9.17, 15) is 4.79 Å². The Morgan fingerprint density at radius 1 is 1.33 bits per heavy atom. The van der Waals surface area contributed by atoms with E-state index in [1.54, 1.807) is 14.2 Å². The summed E-state index contributed by atoms with van der Waals surface area (Å²) in [5, 5.41) is 13.8. The maximum Gasteiger partial charge on any atom is 0.407 e. The maximum absolute atomic E-state index is 11.6. The summed E-state index contributed by atoms with van der Waals surface area (Å²) in [7, 11) is 3.36. The van der Waals surface area contributed by atoms with Gasteiger partial charge < -0.3 is 25.4 Å². The Hall–Kier alpha value is -2.36. The van der Waals surface area contributed by atoms with Crippen molar-refractivity contribution in [3.8, 4) is 0 Å². The van der Waals surface area contributed by atoms with Crippen LogP contribution in [0.3, 0.4) is 0 Å². The molecular weight excluding hydrogens is 350 g/mol. The number of aryl methyl sites for hydroxylation is 1. The molecule has 0 saturated heterocycles. The van der Waals surface area contributed by atoms with E-state index in [0.29, 0.717) is 31.5 Å². The van der Waals surface area contributed by atoms with Crippen LogP contribution >= 0.6 is 0 Å². The van der Waals surface area contributed by atoms with Crippen LogP contribution in [0, 0.1) is 0 Å². The van der Waals surface area contributed by atoms with Gasteiger partial charge >= 0.3 is 6.09 Å². The Morgan fingerprint density at radius 3 is 2.74 bits per heavy atom. The summed E-state index contributed by atoms with van der Waals surface area (Å²) in [6.45, 7) is 7.62. The van der Waals surface area contributed by atoms with Gasteiger partial charge in [-0.25, -0.2) is 14.5 Å². The van der Waals surface area contributed by atoms with E-state index >= 15 is 0 Å². The van der Waals surface area contributed by atoms with Gasteiger partial charge in [0.05, 0.1) is 6.54 Å². The number of rotatable bonds is 6. The first-order valence-corrected chi connectivity index (χ1v) is 9.16. The highest BCUT2D eigenvalue weighted by Gasteiger charge is 2.22. The third-order valence-corrected chi connectivity index (χ3v) is 3.83. The Balaban J connectivity index is 1.73. The van der Waals surface area contributed by atoms with Crippen LogP contribution in [-0.2, 0) is 29.0 Å². The van der Waals surface area contributed by atoms with E-state index in [1.165, 1.54) is 0 Å². The van der Waals surface area contributed by atoms with Crippen LogP contribution in [0.2, 0.25) is 0 Å². The highest BCUT2D eigenvalue weighted by molar-refractivity contribution is 5.80. The molecule has 27 heavy (non-hydrogen) atoms. The molecule has 0 aliphatic carbocycles. The molecule has 1 unspecified atom stereocenters. The van der Waals surface area contributed by atoms with Gasteiger partial charge in [-0.05, 0) is 27.2 Å². The number of guanidine groups is 1. The number of aliphatic imine (C=N–C) groups is 1. The molecule has 10 nitrogen and oxygen atoms in total. The second-order valence-corrected chi connectivity index (χ2v) is 7.37. The van der Waals surface area contributed by atoms with Crippen LogP contribution in [0.15, 0.2) is 4.99 Å². The number of methoxy groups -OCH3 is 1. The largest absolute Gasteiger partial charge is 0.444 e. The molecular formula is C17H31N7O3. The number of alkyl carbamates (subject to hydrolysis) is 1. The number of carbonyl (C=O) groups excluding carboxylic acids is 1. The maximum atomic E-state index is 11.6. The van der Waals surface area contributed by atoms with Crippen molar-refractivity contribution in [2.45, 2.75) is 58.4 Å². The minimum atomic E-state index is -0.501. The lowest BCUT2D eigenvalue weighted by atomic mass is 10.1. The fourth-order valence-corrected chi connectivity index (χ4v) is 2.72. The van der Waals surface area contributed by atoms with Gasteiger partial charge in [-0.15, -0.1) is 0 Å². The predicted octanol–water partition coefficient (Wildman–Crippen LogP) is 0.429. The third kappa shape index (κ3) is 7.05. The van der Waals surface area contributed by atoms with Crippen LogP contribution in [0.5, 0.6) is 0 Å². The SMILES string of the molecule is CN=C(NCCNC(=O)OC(C)(C)C)NC1CCc2nc(COC)nn2C1. The number of ether oxygens (including phenoxy) is 2. The quantitative estimate of drug-likeness (QED) is 0.372. The van der Waals surface area contributed by atoms with Crippen LogP contribution in [0.25, 0.3) is 0 Å². The van der Waals surface area contributed by atoms with Crippen LogP contribution in [0.4, 0.5) is 4.79 Å². The number of nitrogens with one attached hydrogen (secondary N) is 3. The molecule has 1 amide bonds. The first-order chi connectivity index (χ1) is 12.8. The number of hydrogen-bond acceptors (Lipinski definition) is 6. The number of aromatic nitrogens is 3. The Labute approximate surface area is 160 Å². The number of fused-ring (bicyclic) bond motifs is 1. The van der Waals surface area contributed by atoms with Crippen molar-refractivity contribution in [3.05, 3.63) is 11.6 Å². The summed E-state index contributed by atoms with van der Waals surface area (Å²) in [6, 6.07) is 0.208. The van der Waals surface area contributed by atoms with Gasteiger partial charge in [-0.3, -0.25) is 4.99 Å². The number of nitrogens with zero attached hydrogens (tertiary/aromatic N) is 4. The third-order valence-electron chi connectivity index (χ3n) is 3.83. The van der Waals surface area contributed by atoms with Crippen molar-refractivity contribution in [1.29, 1.82) is 0 Å². The van der Waals surface area contributed by atoms with E-state index in [1.807, 2.05) is 25.5 Å². The minimum absolute atomic E-state index is 0.208. The molecule has 152 valence electrons. The van der Waals surface area contributed by atoms with Gasteiger partial charge in [-0.2, -0.15) is 5.10 Å². The smallest absolute Gasteiger partial charge is 0.407 e. The monoisotopic (exact) mass is 381 g/mol. The number of hydrogen-bond donors (Lipinski definition) is 3. The molecule has 0 bridgehead atoms. The van der Waals surface area contributed by atoms with Crippen molar-refractivity contribution in [1.82, 2.24) is 30.7 Å². The second-order valence-electron chi connectivity index (χ2n) is 7.37. The molecule has 10 heteroatoms. The molecule has 1 atom stereocenters. The van der Waals surface area contributed by atoms with Crippen LogP contribution < -0.4 is 16.0 Å². The van der Waals surface area contributed by atoms with E-state index in [4.69, 9.17) is 9.47 Å². The normalized spacial score (nSPS) is 17.2. The van der Waals surface area contributed by atoms with Crippen molar-refractivity contribution >= 4 is 12.1 Å². The molecule has 0 spiro atoms. The van der Waals surface area contributed by atoms with Gasteiger partial charge in [0.1, 0.15) is 18.0 Å². The second kappa shape index (κ2) is 9.54. The number of amides is 1. The Morgan fingerprint density at radius 2 is 2.07 bits per heavy atom.